The molecule has 0 aliphatic carbocycles. The lowest BCUT2D eigenvalue weighted by molar-refractivity contribution is 0.419. The van der Waals surface area contributed by atoms with Crippen LogP contribution in [0, 0.1) is 0 Å². The molecule has 5 heteroatoms. The number of nitrogen functional groups attached to an aromatic ring is 1. The minimum absolute atomic E-state index is 0.181. The molecule has 1 aromatic rings. The van der Waals surface area contributed by atoms with E-state index in [2.05, 4.69) is 10.1 Å². The number of hydrogen-bond acceptors (Lipinski definition) is 5. The Labute approximate surface area is 74.9 Å². The van der Waals surface area contributed by atoms with Gasteiger partial charge in [0.15, 0.2) is 5.82 Å². The predicted molar refractivity (Wildman–Crippen MR) is 48.0 cm³/mol. The van der Waals surface area contributed by atoms with Crippen LogP contribution in [0.1, 0.15) is 24.6 Å². The number of anilines is 1. The summed E-state index contributed by atoms with van der Waals surface area (Å²) in [5.41, 5.74) is 5.34. The van der Waals surface area contributed by atoms with E-state index in [4.69, 9.17) is 10.3 Å². The molecule has 2 N–H and O–H groups in total. The lowest BCUT2D eigenvalue weighted by atomic mass is 10.1. The number of thioether (sulfide) groups is 1. The molecule has 1 aromatic heterocycles. The van der Waals surface area contributed by atoms with Gasteiger partial charge in [0.2, 0.25) is 0 Å². The Morgan fingerprint density at radius 2 is 2.50 bits per heavy atom. The predicted octanol–water partition coefficient (Wildman–Crippen LogP) is 1.26. The van der Waals surface area contributed by atoms with Gasteiger partial charge in [-0.3, -0.25) is 0 Å². The molecule has 1 aliphatic heterocycles. The van der Waals surface area contributed by atoms with E-state index in [1.165, 1.54) is 12.2 Å². The van der Waals surface area contributed by atoms with E-state index in [1.54, 1.807) is 0 Å². The minimum Gasteiger partial charge on any atom is -0.351 e. The van der Waals surface area contributed by atoms with Crippen LogP contribution in [0.15, 0.2) is 4.52 Å². The second kappa shape index (κ2) is 3.35. The molecule has 0 saturated carbocycles. The number of hydrogen-bond donors (Lipinski definition) is 1. The Morgan fingerprint density at radius 3 is 3.08 bits per heavy atom. The fraction of sp³-hybridized carbons (Fsp3) is 0.714. The molecule has 12 heavy (non-hydrogen) atoms. The van der Waals surface area contributed by atoms with Crippen LogP contribution >= 0.6 is 11.8 Å². The van der Waals surface area contributed by atoms with E-state index < -0.39 is 0 Å². The van der Waals surface area contributed by atoms with Gasteiger partial charge in [-0.05, 0) is 18.6 Å². The van der Waals surface area contributed by atoms with Crippen molar-refractivity contribution >= 4 is 17.8 Å². The summed E-state index contributed by atoms with van der Waals surface area (Å²) in [6, 6.07) is 0.181. The van der Waals surface area contributed by atoms with Gasteiger partial charge in [0.05, 0.1) is 0 Å². The van der Waals surface area contributed by atoms with Gasteiger partial charge in [-0.25, -0.2) is 0 Å². The average molecular weight is 185 g/mol. The Hall–Kier alpha value is -0.710. The Bertz CT molecular complexity index is 257. The third-order valence-electron chi connectivity index (χ3n) is 1.98. The van der Waals surface area contributed by atoms with Crippen molar-refractivity contribution < 1.29 is 4.52 Å². The van der Waals surface area contributed by atoms with E-state index >= 15 is 0 Å². The van der Waals surface area contributed by atoms with Crippen molar-refractivity contribution in [3.63, 3.8) is 0 Å². The highest BCUT2D eigenvalue weighted by atomic mass is 32.2. The molecule has 0 radical (unpaired) electrons. The Morgan fingerprint density at radius 1 is 1.58 bits per heavy atom. The Kier molecular flexibility index (Phi) is 2.21. The second-order valence-electron chi connectivity index (χ2n) is 2.90. The fourth-order valence-electron chi connectivity index (χ4n) is 1.36. The molecule has 0 spiro atoms. The molecule has 1 aliphatic rings. The van der Waals surface area contributed by atoms with E-state index in [9.17, 15) is 0 Å². The van der Waals surface area contributed by atoms with Crippen molar-refractivity contribution in [3.05, 3.63) is 5.82 Å². The normalized spacial score (nSPS) is 24.2. The van der Waals surface area contributed by atoms with Gasteiger partial charge < -0.3 is 10.3 Å². The zero-order valence-corrected chi connectivity index (χ0v) is 7.51. The molecular weight excluding hydrogens is 174 g/mol. The molecule has 4 nitrogen and oxygen atoms in total. The number of aromatic nitrogens is 2. The van der Waals surface area contributed by atoms with Crippen LogP contribution in [0.25, 0.3) is 0 Å². The highest BCUT2D eigenvalue weighted by Gasteiger charge is 2.20. The van der Waals surface area contributed by atoms with E-state index in [1.807, 2.05) is 11.8 Å². The molecule has 0 amide bonds. The quantitative estimate of drug-likeness (QED) is 0.713. The zero-order chi connectivity index (χ0) is 8.39. The standard InChI is InChI=1S/C7H11N3OS/c8-7-9-6(10-11-7)5-2-1-3-12-4-5/h5H,1-4H2,(H2,8,9,10). The summed E-state index contributed by atoms with van der Waals surface area (Å²) >= 11 is 1.94. The van der Waals surface area contributed by atoms with Crippen LogP contribution in [0.5, 0.6) is 0 Å². The summed E-state index contributed by atoms with van der Waals surface area (Å²) in [6.45, 7) is 0. The van der Waals surface area contributed by atoms with Gasteiger partial charge in [-0.1, -0.05) is 5.16 Å². The molecule has 2 rings (SSSR count). The molecule has 1 saturated heterocycles. The molecule has 1 unspecified atom stereocenters. The van der Waals surface area contributed by atoms with Gasteiger partial charge in [-0.15, -0.1) is 0 Å². The van der Waals surface area contributed by atoms with Crippen LogP contribution in [-0.2, 0) is 0 Å². The molecule has 0 aromatic carbocycles. The molecule has 2 heterocycles. The topological polar surface area (TPSA) is 64.9 Å². The van der Waals surface area contributed by atoms with E-state index in [0.29, 0.717) is 5.92 Å². The highest BCUT2D eigenvalue weighted by Crippen LogP contribution is 2.29. The Balaban J connectivity index is 2.08. The van der Waals surface area contributed by atoms with Crippen LogP contribution in [0.4, 0.5) is 6.01 Å². The largest absolute Gasteiger partial charge is 0.351 e. The van der Waals surface area contributed by atoms with Crippen LogP contribution in [-0.4, -0.2) is 21.6 Å². The smallest absolute Gasteiger partial charge is 0.318 e. The third-order valence-corrected chi connectivity index (χ3v) is 3.20. The molecule has 1 atom stereocenters. The molecular formula is C7H11N3OS. The fourth-order valence-corrected chi connectivity index (χ4v) is 2.50. The number of nitrogens with zero attached hydrogens (tertiary/aromatic N) is 2. The van der Waals surface area contributed by atoms with Crippen molar-refractivity contribution in [2.24, 2.45) is 0 Å². The van der Waals surface area contributed by atoms with Crippen LogP contribution in [0.2, 0.25) is 0 Å². The summed E-state index contributed by atoms with van der Waals surface area (Å²) in [6.07, 6.45) is 2.40. The molecule has 66 valence electrons. The summed E-state index contributed by atoms with van der Waals surface area (Å²) < 4.78 is 4.73. The maximum absolute atomic E-state index is 5.34. The second-order valence-corrected chi connectivity index (χ2v) is 4.05. The average Bonchev–Trinajstić information content (AvgIpc) is 2.54. The van der Waals surface area contributed by atoms with Gasteiger partial charge in [-0.2, -0.15) is 16.7 Å². The van der Waals surface area contributed by atoms with Crippen molar-refractivity contribution in [2.75, 3.05) is 17.2 Å². The SMILES string of the molecule is Nc1nc(C2CCCSC2)no1. The molecule has 0 bridgehead atoms. The highest BCUT2D eigenvalue weighted by molar-refractivity contribution is 7.99. The van der Waals surface area contributed by atoms with Crippen molar-refractivity contribution in [2.45, 2.75) is 18.8 Å². The van der Waals surface area contributed by atoms with Crippen molar-refractivity contribution in [3.8, 4) is 0 Å². The summed E-state index contributed by atoms with van der Waals surface area (Å²) in [5.74, 6) is 3.58. The first-order chi connectivity index (χ1) is 5.86. The van der Waals surface area contributed by atoms with Gasteiger partial charge >= 0.3 is 6.01 Å². The number of rotatable bonds is 1. The monoisotopic (exact) mass is 185 g/mol. The van der Waals surface area contributed by atoms with E-state index in [-0.39, 0.29) is 6.01 Å². The zero-order valence-electron chi connectivity index (χ0n) is 6.69. The maximum Gasteiger partial charge on any atom is 0.318 e. The summed E-state index contributed by atoms with van der Waals surface area (Å²) in [5, 5.41) is 3.82. The minimum atomic E-state index is 0.181. The van der Waals surface area contributed by atoms with E-state index in [0.717, 1.165) is 18.0 Å². The van der Waals surface area contributed by atoms with Gasteiger partial charge in [0.1, 0.15) is 0 Å². The number of nitrogens with two attached hydrogens (primary N) is 1. The summed E-state index contributed by atoms with van der Waals surface area (Å²) in [7, 11) is 0. The van der Waals surface area contributed by atoms with Crippen LogP contribution < -0.4 is 5.73 Å². The van der Waals surface area contributed by atoms with Gasteiger partial charge in [0, 0.05) is 11.7 Å². The third kappa shape index (κ3) is 1.55. The lowest BCUT2D eigenvalue weighted by Crippen LogP contribution is -2.10. The lowest BCUT2D eigenvalue weighted by Gasteiger charge is -2.17. The molecule has 1 fully saturated rings. The van der Waals surface area contributed by atoms with Crippen molar-refractivity contribution in [1.29, 1.82) is 0 Å². The first kappa shape index (κ1) is 7.91. The summed E-state index contributed by atoms with van der Waals surface area (Å²) in [4.78, 5) is 4.02. The van der Waals surface area contributed by atoms with Gasteiger partial charge in [0.25, 0.3) is 0 Å². The van der Waals surface area contributed by atoms with Crippen molar-refractivity contribution in [1.82, 2.24) is 10.1 Å². The first-order valence-electron chi connectivity index (χ1n) is 4.03. The first-order valence-corrected chi connectivity index (χ1v) is 5.18. The van der Waals surface area contributed by atoms with Crippen LogP contribution in [0.3, 0.4) is 0 Å². The maximum atomic E-state index is 5.34.